The molecule has 9 aromatic rings. The Kier molecular flexibility index (Phi) is 26.0. The number of hydrogen-bond donors (Lipinski definition) is 3. The summed E-state index contributed by atoms with van der Waals surface area (Å²) < 4.78 is 162. The van der Waals surface area contributed by atoms with Gasteiger partial charge in [-0.2, -0.15) is 5.26 Å². The third-order valence-electron chi connectivity index (χ3n) is 21.4. The number of carbonyl (C=O) groups excluding carboxylic acids is 3. The predicted octanol–water partition coefficient (Wildman–Crippen LogP) is 16.7. The van der Waals surface area contributed by atoms with E-state index < -0.39 is 52.0 Å². The number of nitro groups is 1. The third kappa shape index (κ3) is 20.6. The molecule has 3 saturated heterocycles. The molecular weight excluding hydrogens is 1590 g/mol. The van der Waals surface area contributed by atoms with Crippen LogP contribution in [-0.2, 0) is 44.5 Å². The first-order chi connectivity index (χ1) is 56.6. The van der Waals surface area contributed by atoms with E-state index in [1.165, 1.54) is 79.6 Å². The standard InChI is InChI=1S/C29H29F3N2O6S.C29H29N3O5S.C28H29N3O7S/c1-38-24-14-13-19(15-26(24)39-23-9-2-3-10-23)20-16-28(35)34(18-20)22-8-6-7-21(17-22)33-41(36,37)27-12-5-4-11-25(27)40-29(30,31)32;1-36-27-14-11-21(15-28(27)37-25-7-2-3-8-25)22-16-29(33)32(19-22)24-6-4-5-23(17-24)31-38(34,35)26-12-9-20(18-30)10-13-26;1-37-26-13-12-19(14-27(26)38-24-9-2-3-10-24)20-15-28(32)30(18-20)22-7-4-6-21(16-22)29-39(35,36)25-11-5-8-23(17-25)31(33)34/h4-8,11-15,17,20,23,33H,2-3,9-10,16,18H2,1H3;4-6,9-15,17,22,25,31H,2-3,7-8,16,19H2,1H3;4-8,11-14,16-17,20,24,29H,2-3,9-10,15,18H2,1H3. The fraction of sp³-hybridized carbons (Fsp3) is 0.326. The highest BCUT2D eigenvalue weighted by Gasteiger charge is 2.38. The highest BCUT2D eigenvalue weighted by atomic mass is 32.2. The number of sulfonamides is 3. The number of amides is 3. The normalized spacial score (nSPS) is 17.9. The topological polar surface area (TPSA) is 331 Å². The van der Waals surface area contributed by atoms with Crippen molar-refractivity contribution < 1.29 is 90.9 Å². The second-order valence-electron chi connectivity index (χ2n) is 29.4. The molecule has 3 aliphatic carbocycles. The maximum Gasteiger partial charge on any atom is 0.573 e. The van der Waals surface area contributed by atoms with Crippen molar-refractivity contribution in [1.29, 1.82) is 5.26 Å². The molecule has 3 heterocycles. The summed E-state index contributed by atoms with van der Waals surface area (Å²) in [4.78, 5) is 53.6. The van der Waals surface area contributed by atoms with Crippen molar-refractivity contribution in [3.63, 3.8) is 0 Å². The summed E-state index contributed by atoms with van der Waals surface area (Å²) in [5, 5.41) is 20.0. The number of para-hydroxylation sites is 1. The molecule has 9 aromatic carbocycles. The molecule has 0 bridgehead atoms. The SMILES string of the molecule is COc1ccc(C2CC(=O)N(c3cccc(NS(=O)(=O)c4ccc(C#N)cc4)c3)C2)cc1OC1CCCC1.COc1ccc(C2CC(=O)N(c3cccc(NS(=O)(=O)c4cccc([N+](=O)[O-])c4)c3)C2)cc1OC1CCCC1.COc1ccc(C2CC(=O)N(c3cccc(NS(=O)(=O)c4ccccc4OC(F)(F)F)c3)C2)cc1OC1CCCC1. The number of halogens is 3. The summed E-state index contributed by atoms with van der Waals surface area (Å²) in [6.45, 7) is 1.25. The van der Waals surface area contributed by atoms with E-state index in [0.29, 0.717) is 95.3 Å². The second-order valence-corrected chi connectivity index (χ2v) is 34.4. The second kappa shape index (κ2) is 36.6. The smallest absolute Gasteiger partial charge is 0.493 e. The number of nitrogens with zero attached hydrogens (tertiary/aromatic N) is 5. The van der Waals surface area contributed by atoms with Crippen molar-refractivity contribution in [1.82, 2.24) is 0 Å². The van der Waals surface area contributed by atoms with Crippen LogP contribution in [0.3, 0.4) is 0 Å². The largest absolute Gasteiger partial charge is 0.573 e. The summed E-state index contributed by atoms with van der Waals surface area (Å²) in [6.07, 6.45) is 9.31. The summed E-state index contributed by atoms with van der Waals surface area (Å²) in [7, 11) is -7.57. The Morgan fingerprint density at radius 3 is 1.15 bits per heavy atom. The van der Waals surface area contributed by atoms with E-state index in [2.05, 4.69) is 18.9 Å². The summed E-state index contributed by atoms with van der Waals surface area (Å²) in [5.41, 5.74) is 5.25. The summed E-state index contributed by atoms with van der Waals surface area (Å²) >= 11 is 0. The fourth-order valence-corrected chi connectivity index (χ4v) is 18.7. The van der Waals surface area contributed by atoms with Crippen LogP contribution in [0, 0.1) is 21.4 Å². The molecule has 3 aliphatic heterocycles. The van der Waals surface area contributed by atoms with E-state index in [4.69, 9.17) is 33.7 Å². The minimum absolute atomic E-state index is 0.0293. The molecule has 3 amide bonds. The molecule has 618 valence electrons. The van der Waals surface area contributed by atoms with E-state index >= 15 is 0 Å². The molecule has 6 fully saturated rings. The van der Waals surface area contributed by atoms with Gasteiger partial charge in [0.05, 0.1) is 83.1 Å². The minimum Gasteiger partial charge on any atom is -0.493 e. The molecule has 6 aliphatic rings. The number of ether oxygens (including phenoxy) is 7. The number of nitro benzene ring substituents is 1. The van der Waals surface area contributed by atoms with Gasteiger partial charge in [0.2, 0.25) is 17.7 Å². The van der Waals surface area contributed by atoms with Crippen LogP contribution in [-0.4, -0.2) is 114 Å². The first kappa shape index (κ1) is 83.9. The first-order valence-electron chi connectivity index (χ1n) is 38.5. The van der Waals surface area contributed by atoms with Crippen molar-refractivity contribution in [2.75, 3.05) is 69.8 Å². The average Bonchev–Trinajstić information content (AvgIpc) is 1.54. The van der Waals surface area contributed by atoms with Gasteiger partial charge < -0.3 is 47.9 Å². The monoisotopic (exact) mass is 1670 g/mol. The van der Waals surface area contributed by atoms with Gasteiger partial charge >= 0.3 is 6.36 Å². The fourth-order valence-electron chi connectivity index (χ4n) is 15.4. The Morgan fingerprint density at radius 2 is 0.788 bits per heavy atom. The molecule has 26 nitrogen and oxygen atoms in total. The van der Waals surface area contributed by atoms with Crippen molar-refractivity contribution in [3.05, 3.63) is 233 Å². The van der Waals surface area contributed by atoms with Gasteiger partial charge in [0.25, 0.3) is 35.8 Å². The Bertz CT molecular complexity index is 5590. The lowest BCUT2D eigenvalue weighted by molar-refractivity contribution is -0.385. The van der Waals surface area contributed by atoms with Crippen LogP contribution in [0.1, 0.15) is 136 Å². The van der Waals surface area contributed by atoms with Gasteiger partial charge in [-0.05, 0) is 227 Å². The van der Waals surface area contributed by atoms with E-state index in [9.17, 15) is 62.9 Å². The predicted molar refractivity (Wildman–Crippen MR) is 436 cm³/mol. The molecule has 32 heteroatoms. The van der Waals surface area contributed by atoms with E-state index in [1.807, 2.05) is 60.7 Å². The first-order valence-corrected chi connectivity index (χ1v) is 43.0. The van der Waals surface area contributed by atoms with Crippen molar-refractivity contribution in [2.24, 2.45) is 0 Å². The zero-order chi connectivity index (χ0) is 83.5. The number of nitriles is 1. The van der Waals surface area contributed by atoms with E-state index in [-0.39, 0.29) is 87.1 Å². The van der Waals surface area contributed by atoms with Crippen LogP contribution in [0.4, 0.5) is 53.0 Å². The molecule has 15 rings (SSSR count). The van der Waals surface area contributed by atoms with E-state index in [1.54, 1.807) is 96.7 Å². The molecule has 0 aromatic heterocycles. The molecule has 0 spiro atoms. The van der Waals surface area contributed by atoms with Gasteiger partial charge in [-0.3, -0.25) is 38.7 Å². The molecule has 0 radical (unpaired) electrons. The highest BCUT2D eigenvalue weighted by molar-refractivity contribution is 7.93. The van der Waals surface area contributed by atoms with Crippen molar-refractivity contribution in [3.8, 4) is 46.3 Å². The zero-order valence-corrected chi connectivity index (χ0v) is 67.1. The summed E-state index contributed by atoms with van der Waals surface area (Å²) in [6, 6.07) is 53.7. The highest BCUT2D eigenvalue weighted by Crippen LogP contribution is 2.44. The van der Waals surface area contributed by atoms with Gasteiger partial charge in [-0.25, -0.2) is 25.3 Å². The molecule has 118 heavy (non-hydrogen) atoms. The van der Waals surface area contributed by atoms with Crippen LogP contribution in [0.5, 0.6) is 40.2 Å². The Labute approximate surface area is 682 Å². The number of hydrogen-bond acceptors (Lipinski definition) is 19. The summed E-state index contributed by atoms with van der Waals surface area (Å²) in [5.74, 6) is 2.68. The molecule has 3 N–H and O–H groups in total. The Hall–Kier alpha value is -12.1. The van der Waals surface area contributed by atoms with E-state index in [0.717, 1.165) is 99.1 Å². The maximum absolute atomic E-state index is 13.0. The van der Waals surface area contributed by atoms with Crippen molar-refractivity contribution in [2.45, 2.75) is 153 Å². The third-order valence-corrected chi connectivity index (χ3v) is 25.6. The van der Waals surface area contributed by atoms with Crippen LogP contribution in [0.15, 0.2) is 215 Å². The number of benzene rings is 9. The zero-order valence-electron chi connectivity index (χ0n) is 64.7. The number of nitrogens with one attached hydrogen (secondary N) is 3. The van der Waals surface area contributed by atoms with Crippen LogP contribution < -0.4 is 62.0 Å². The van der Waals surface area contributed by atoms with Crippen LogP contribution in [0.25, 0.3) is 0 Å². The maximum atomic E-state index is 13.0. The number of methoxy groups -OCH3 is 3. The minimum atomic E-state index is -5.06. The molecular formula is C86H87F3N8O18S3. The van der Waals surface area contributed by atoms with Gasteiger partial charge in [-0.1, -0.05) is 54.6 Å². The number of anilines is 6. The lowest BCUT2D eigenvalue weighted by atomic mass is 9.98. The van der Waals surface area contributed by atoms with Crippen molar-refractivity contribution >= 4 is 87.6 Å². The number of carbonyl (C=O) groups is 3. The molecule has 3 saturated carbocycles. The Balaban J connectivity index is 0.000000154. The lowest BCUT2D eigenvalue weighted by Gasteiger charge is -2.20. The van der Waals surface area contributed by atoms with Gasteiger partial charge in [-0.15, -0.1) is 13.2 Å². The van der Waals surface area contributed by atoms with Crippen LogP contribution >= 0.6 is 0 Å². The van der Waals surface area contributed by atoms with Gasteiger partial charge in [0.15, 0.2) is 34.5 Å². The molecule has 3 unspecified atom stereocenters. The Morgan fingerprint density at radius 1 is 0.424 bits per heavy atom. The number of alkyl halides is 3. The number of non-ortho nitro benzene ring substituents is 1. The van der Waals surface area contributed by atoms with Gasteiger partial charge in [0, 0.05) is 85.8 Å². The quantitative estimate of drug-likeness (QED) is 0.0335. The average molecular weight is 1670 g/mol. The lowest BCUT2D eigenvalue weighted by Crippen LogP contribution is -2.24. The van der Waals surface area contributed by atoms with Gasteiger partial charge in [0.1, 0.15) is 10.6 Å². The van der Waals surface area contributed by atoms with Crippen LogP contribution in [0.2, 0.25) is 0 Å². The molecule has 3 atom stereocenters. The number of rotatable bonds is 26.